The standard InChI is InChI=1S/C14H25BN2O4/c15-7-2-1-5-14(16,13(20)21)6-10-17-8-3-11(4-9-17)12(18)19/h11H,1-10,16H2,(H,18,19)(H,20,21). The van der Waals surface area contributed by atoms with Crippen LogP contribution in [0.2, 0.25) is 6.32 Å². The van der Waals surface area contributed by atoms with Gasteiger partial charge in [-0.05, 0) is 38.8 Å². The fourth-order valence-electron chi connectivity index (χ4n) is 2.68. The van der Waals surface area contributed by atoms with Gasteiger partial charge in [0.05, 0.1) is 13.8 Å². The zero-order valence-electron chi connectivity index (χ0n) is 12.5. The first kappa shape index (κ1) is 18.0. The smallest absolute Gasteiger partial charge is 0.323 e. The summed E-state index contributed by atoms with van der Waals surface area (Å²) < 4.78 is 0. The Labute approximate surface area is 127 Å². The summed E-state index contributed by atoms with van der Waals surface area (Å²) in [6.07, 6.45) is 4.06. The summed E-state index contributed by atoms with van der Waals surface area (Å²) in [7, 11) is 5.42. The van der Waals surface area contributed by atoms with E-state index in [9.17, 15) is 14.7 Å². The molecule has 1 fully saturated rings. The topological polar surface area (TPSA) is 104 Å². The van der Waals surface area contributed by atoms with Crippen LogP contribution in [0.3, 0.4) is 0 Å². The van der Waals surface area contributed by atoms with Crippen LogP contribution in [0, 0.1) is 5.92 Å². The Morgan fingerprint density at radius 1 is 1.19 bits per heavy atom. The average Bonchev–Trinajstić information content (AvgIpc) is 2.45. The summed E-state index contributed by atoms with van der Waals surface area (Å²) in [4.78, 5) is 24.4. The number of unbranched alkanes of at least 4 members (excludes halogenated alkanes) is 1. The van der Waals surface area contributed by atoms with Crippen LogP contribution in [0.15, 0.2) is 0 Å². The lowest BCUT2D eigenvalue weighted by Crippen LogP contribution is -2.50. The van der Waals surface area contributed by atoms with Crippen molar-refractivity contribution in [3.05, 3.63) is 0 Å². The molecule has 4 N–H and O–H groups in total. The third-order valence-corrected chi connectivity index (χ3v) is 4.31. The van der Waals surface area contributed by atoms with Gasteiger partial charge in [-0.1, -0.05) is 19.2 Å². The Bertz CT molecular complexity index is 359. The van der Waals surface area contributed by atoms with E-state index in [2.05, 4.69) is 4.90 Å². The van der Waals surface area contributed by atoms with Gasteiger partial charge < -0.3 is 20.8 Å². The quantitative estimate of drug-likeness (QED) is 0.428. The van der Waals surface area contributed by atoms with Crippen LogP contribution in [-0.4, -0.2) is 60.1 Å². The molecule has 1 rings (SSSR count). The SMILES string of the molecule is [B]CCCCC(N)(CCN1CCC(C(=O)O)CC1)C(=O)O. The van der Waals surface area contributed by atoms with E-state index in [0.29, 0.717) is 58.1 Å². The maximum atomic E-state index is 11.4. The van der Waals surface area contributed by atoms with Crippen LogP contribution in [0.4, 0.5) is 0 Å². The lowest BCUT2D eigenvalue weighted by Gasteiger charge is -2.33. The molecule has 0 saturated carbocycles. The van der Waals surface area contributed by atoms with E-state index >= 15 is 0 Å². The number of nitrogens with two attached hydrogens (primary N) is 1. The highest BCUT2D eigenvalue weighted by atomic mass is 16.4. The van der Waals surface area contributed by atoms with Crippen LogP contribution < -0.4 is 5.73 Å². The Hall–Kier alpha value is -1.08. The molecule has 6 nitrogen and oxygen atoms in total. The van der Waals surface area contributed by atoms with Gasteiger partial charge in [-0.15, -0.1) is 0 Å². The highest BCUT2D eigenvalue weighted by Gasteiger charge is 2.34. The van der Waals surface area contributed by atoms with Crippen molar-refractivity contribution < 1.29 is 19.8 Å². The van der Waals surface area contributed by atoms with Crippen molar-refractivity contribution in [3.63, 3.8) is 0 Å². The van der Waals surface area contributed by atoms with E-state index in [0.717, 1.165) is 6.42 Å². The van der Waals surface area contributed by atoms with Crippen molar-refractivity contribution >= 4 is 19.8 Å². The number of aliphatic carboxylic acids is 2. The number of carboxylic acid groups (broad SMARTS) is 2. The molecule has 0 aromatic heterocycles. The molecule has 1 saturated heterocycles. The molecule has 1 unspecified atom stereocenters. The Balaban J connectivity index is 2.40. The van der Waals surface area contributed by atoms with Gasteiger partial charge in [0, 0.05) is 6.54 Å². The van der Waals surface area contributed by atoms with Crippen molar-refractivity contribution in [2.75, 3.05) is 19.6 Å². The first-order valence-corrected chi connectivity index (χ1v) is 7.56. The minimum atomic E-state index is -1.21. The summed E-state index contributed by atoms with van der Waals surface area (Å²) >= 11 is 0. The summed E-state index contributed by atoms with van der Waals surface area (Å²) in [6, 6.07) is 0. The highest BCUT2D eigenvalue weighted by Crippen LogP contribution is 2.21. The molecule has 21 heavy (non-hydrogen) atoms. The maximum Gasteiger partial charge on any atom is 0.323 e. The van der Waals surface area contributed by atoms with E-state index < -0.39 is 17.5 Å². The average molecular weight is 296 g/mol. The number of carbonyl (C=O) groups is 2. The van der Waals surface area contributed by atoms with Crippen LogP contribution in [0.5, 0.6) is 0 Å². The molecule has 1 aliphatic heterocycles. The number of carboxylic acids is 2. The number of rotatable bonds is 9. The van der Waals surface area contributed by atoms with Gasteiger partial charge in [0.1, 0.15) is 5.54 Å². The molecule has 0 aromatic rings. The van der Waals surface area contributed by atoms with Gasteiger partial charge in [0.25, 0.3) is 0 Å². The van der Waals surface area contributed by atoms with Crippen LogP contribution in [0.1, 0.15) is 38.5 Å². The second-order valence-electron chi connectivity index (χ2n) is 5.91. The maximum absolute atomic E-state index is 11.4. The van der Waals surface area contributed by atoms with E-state index in [-0.39, 0.29) is 5.92 Å². The summed E-state index contributed by atoms with van der Waals surface area (Å²) in [5, 5.41) is 18.3. The fourth-order valence-corrected chi connectivity index (χ4v) is 2.68. The molecule has 0 aromatic carbocycles. The first-order chi connectivity index (χ1) is 9.89. The zero-order chi connectivity index (χ0) is 15.9. The fraction of sp³-hybridized carbons (Fsp3) is 0.857. The first-order valence-electron chi connectivity index (χ1n) is 7.56. The van der Waals surface area contributed by atoms with Crippen LogP contribution >= 0.6 is 0 Å². The Morgan fingerprint density at radius 2 is 1.81 bits per heavy atom. The molecule has 0 aliphatic carbocycles. The van der Waals surface area contributed by atoms with Gasteiger partial charge in [0.2, 0.25) is 0 Å². The van der Waals surface area contributed by atoms with Crippen molar-refractivity contribution in [1.29, 1.82) is 0 Å². The molecule has 0 spiro atoms. The number of hydrogen-bond acceptors (Lipinski definition) is 4. The van der Waals surface area contributed by atoms with Crippen LogP contribution in [-0.2, 0) is 9.59 Å². The molecule has 1 atom stereocenters. The summed E-state index contributed by atoms with van der Waals surface area (Å²) in [5.41, 5.74) is 4.80. The van der Waals surface area contributed by atoms with Crippen LogP contribution in [0.25, 0.3) is 0 Å². The lowest BCUT2D eigenvalue weighted by atomic mass is 9.87. The third kappa shape index (κ3) is 5.67. The molecule has 118 valence electrons. The predicted molar refractivity (Wildman–Crippen MR) is 80.4 cm³/mol. The molecule has 7 heteroatoms. The Kier molecular flexibility index (Phi) is 7.18. The highest BCUT2D eigenvalue weighted by molar-refractivity contribution is 6.08. The number of nitrogens with zero attached hydrogens (tertiary/aromatic N) is 1. The second-order valence-corrected chi connectivity index (χ2v) is 5.91. The molecule has 1 heterocycles. The van der Waals surface area contributed by atoms with Gasteiger partial charge in [0.15, 0.2) is 0 Å². The normalized spacial score (nSPS) is 20.0. The number of hydrogen-bond donors (Lipinski definition) is 3. The lowest BCUT2D eigenvalue weighted by molar-refractivity contribution is -0.144. The van der Waals surface area contributed by atoms with E-state index in [1.54, 1.807) is 0 Å². The monoisotopic (exact) mass is 296 g/mol. The molecule has 0 amide bonds. The van der Waals surface area contributed by atoms with Crippen molar-refractivity contribution in [3.8, 4) is 0 Å². The van der Waals surface area contributed by atoms with Gasteiger partial charge in [-0.2, -0.15) is 0 Å². The molecular formula is C14H25BN2O4. The van der Waals surface area contributed by atoms with Gasteiger partial charge in [-0.3, -0.25) is 9.59 Å². The largest absolute Gasteiger partial charge is 0.481 e. The van der Waals surface area contributed by atoms with Gasteiger partial charge in [-0.25, -0.2) is 0 Å². The zero-order valence-corrected chi connectivity index (χ0v) is 12.5. The van der Waals surface area contributed by atoms with Crippen molar-refractivity contribution in [2.45, 2.75) is 50.4 Å². The van der Waals surface area contributed by atoms with E-state index in [4.69, 9.17) is 18.7 Å². The predicted octanol–water partition coefficient (Wildman–Crippen LogP) is 0.712. The molecule has 2 radical (unpaired) electrons. The number of piperidine rings is 1. The van der Waals surface area contributed by atoms with E-state index in [1.807, 2.05) is 0 Å². The molecule has 1 aliphatic rings. The van der Waals surface area contributed by atoms with Gasteiger partial charge >= 0.3 is 11.9 Å². The molecular weight excluding hydrogens is 271 g/mol. The Morgan fingerprint density at radius 3 is 2.29 bits per heavy atom. The minimum absolute atomic E-state index is 0.270. The summed E-state index contributed by atoms with van der Waals surface area (Å²) in [6.45, 7) is 1.97. The van der Waals surface area contributed by atoms with Crippen molar-refractivity contribution in [1.82, 2.24) is 4.90 Å². The number of likely N-dealkylation sites (tertiary alicyclic amines) is 1. The summed E-state index contributed by atoms with van der Waals surface area (Å²) in [5.74, 6) is -1.98. The molecule has 0 bridgehead atoms. The minimum Gasteiger partial charge on any atom is -0.481 e. The van der Waals surface area contributed by atoms with Crippen molar-refractivity contribution in [2.24, 2.45) is 11.7 Å². The van der Waals surface area contributed by atoms with E-state index in [1.165, 1.54) is 0 Å². The second kappa shape index (κ2) is 8.39. The third-order valence-electron chi connectivity index (χ3n) is 4.31.